The summed E-state index contributed by atoms with van der Waals surface area (Å²) in [6.45, 7) is 5.91. The lowest BCUT2D eigenvalue weighted by Crippen LogP contribution is -2.45. The van der Waals surface area contributed by atoms with Crippen molar-refractivity contribution >= 4 is 40.8 Å². The Morgan fingerprint density at radius 2 is 1.97 bits per heavy atom. The third-order valence-electron chi connectivity index (χ3n) is 4.54. The van der Waals surface area contributed by atoms with Gasteiger partial charge in [-0.15, -0.1) is 0 Å². The molecule has 0 radical (unpaired) electrons. The van der Waals surface area contributed by atoms with Crippen molar-refractivity contribution in [1.82, 2.24) is 20.6 Å². The number of nitrogens with one attached hydrogen (secondary N) is 3. The molecule has 0 saturated carbocycles. The van der Waals surface area contributed by atoms with E-state index >= 15 is 0 Å². The highest BCUT2D eigenvalue weighted by atomic mass is 35.5. The van der Waals surface area contributed by atoms with Gasteiger partial charge in [0.15, 0.2) is 5.11 Å². The second-order valence-electron chi connectivity index (χ2n) is 7.18. The molecule has 1 saturated heterocycles. The SMILES string of the molecule is Cc1cc(C)nc(NC(=NCCc2ccc(Cl)cc2)NC(=S)NCC2CCCO2)n1. The van der Waals surface area contributed by atoms with Crippen molar-refractivity contribution in [3.63, 3.8) is 0 Å². The summed E-state index contributed by atoms with van der Waals surface area (Å²) in [4.78, 5) is 13.5. The molecule has 1 unspecified atom stereocenters. The van der Waals surface area contributed by atoms with Gasteiger partial charge in [0.05, 0.1) is 6.10 Å². The number of rotatable bonds is 6. The Hall–Kier alpha value is -2.29. The summed E-state index contributed by atoms with van der Waals surface area (Å²) in [6, 6.07) is 9.68. The van der Waals surface area contributed by atoms with E-state index in [2.05, 4.69) is 30.9 Å². The maximum absolute atomic E-state index is 5.95. The van der Waals surface area contributed by atoms with Crippen LogP contribution in [0.15, 0.2) is 35.3 Å². The van der Waals surface area contributed by atoms with Crippen LogP contribution < -0.4 is 16.0 Å². The van der Waals surface area contributed by atoms with Crippen molar-refractivity contribution < 1.29 is 4.74 Å². The summed E-state index contributed by atoms with van der Waals surface area (Å²) < 4.78 is 5.63. The number of aliphatic imine (C=N–C) groups is 1. The molecule has 30 heavy (non-hydrogen) atoms. The van der Waals surface area contributed by atoms with Crippen LogP contribution in [0.25, 0.3) is 0 Å². The van der Waals surface area contributed by atoms with Gasteiger partial charge in [-0.3, -0.25) is 10.3 Å². The fourth-order valence-corrected chi connectivity index (χ4v) is 3.42. The van der Waals surface area contributed by atoms with Gasteiger partial charge < -0.3 is 15.4 Å². The molecule has 1 atom stereocenters. The molecule has 2 aromatic rings. The van der Waals surface area contributed by atoms with Gasteiger partial charge in [-0.25, -0.2) is 9.97 Å². The number of anilines is 1. The fraction of sp³-hybridized carbons (Fsp3) is 0.429. The topological polar surface area (TPSA) is 83.5 Å². The van der Waals surface area contributed by atoms with E-state index in [-0.39, 0.29) is 6.10 Å². The smallest absolute Gasteiger partial charge is 0.229 e. The van der Waals surface area contributed by atoms with Crippen molar-refractivity contribution in [3.8, 4) is 0 Å². The first-order valence-corrected chi connectivity index (χ1v) is 10.8. The predicted octanol–water partition coefficient (Wildman–Crippen LogP) is 3.40. The molecule has 1 aliphatic rings. The van der Waals surface area contributed by atoms with Crippen molar-refractivity contribution in [2.24, 2.45) is 4.99 Å². The molecule has 1 aromatic heterocycles. The second kappa shape index (κ2) is 11.2. The first-order chi connectivity index (χ1) is 14.5. The van der Waals surface area contributed by atoms with Gasteiger partial charge in [0, 0.05) is 36.1 Å². The van der Waals surface area contributed by atoms with Crippen LogP contribution in [0.5, 0.6) is 0 Å². The Bertz CT molecular complexity index is 863. The van der Waals surface area contributed by atoms with Gasteiger partial charge in [0.25, 0.3) is 0 Å². The Morgan fingerprint density at radius 1 is 1.23 bits per heavy atom. The molecule has 160 valence electrons. The zero-order valence-electron chi connectivity index (χ0n) is 17.2. The molecule has 0 spiro atoms. The Labute approximate surface area is 187 Å². The van der Waals surface area contributed by atoms with Crippen LogP contribution in [0.1, 0.15) is 29.8 Å². The highest BCUT2D eigenvalue weighted by Crippen LogP contribution is 2.11. The van der Waals surface area contributed by atoms with E-state index in [1.807, 2.05) is 44.2 Å². The maximum Gasteiger partial charge on any atom is 0.229 e. The van der Waals surface area contributed by atoms with Crippen LogP contribution in [-0.2, 0) is 11.2 Å². The molecule has 7 nitrogen and oxygen atoms in total. The molecular formula is C21H27ClN6OS. The van der Waals surface area contributed by atoms with Crippen LogP contribution in [-0.4, -0.2) is 46.8 Å². The zero-order valence-corrected chi connectivity index (χ0v) is 18.8. The molecular weight excluding hydrogens is 420 g/mol. The standard InChI is InChI=1S/C21H27ClN6OS/c1-14-12-15(2)26-20(25-14)27-19(23-10-9-16-5-7-17(22)8-6-16)28-21(30)24-13-18-4-3-11-29-18/h5-8,12,18H,3-4,9-11,13H2,1-2H3,(H3,23,24,25,26,27,28,30). The zero-order chi connectivity index (χ0) is 21.3. The maximum atomic E-state index is 5.95. The molecule has 1 aliphatic heterocycles. The van der Waals surface area contributed by atoms with Crippen molar-refractivity contribution in [1.29, 1.82) is 0 Å². The highest BCUT2D eigenvalue weighted by Gasteiger charge is 2.15. The van der Waals surface area contributed by atoms with Crippen molar-refractivity contribution in [3.05, 3.63) is 52.3 Å². The number of benzene rings is 1. The molecule has 1 aromatic carbocycles. The van der Waals surface area contributed by atoms with Gasteiger partial charge in [0.2, 0.25) is 11.9 Å². The monoisotopic (exact) mass is 446 g/mol. The van der Waals surface area contributed by atoms with Crippen LogP contribution >= 0.6 is 23.8 Å². The number of aryl methyl sites for hydroxylation is 2. The molecule has 9 heteroatoms. The lowest BCUT2D eigenvalue weighted by atomic mass is 10.1. The number of halogens is 1. The van der Waals surface area contributed by atoms with Gasteiger partial charge in [0.1, 0.15) is 0 Å². The molecule has 3 rings (SSSR count). The summed E-state index contributed by atoms with van der Waals surface area (Å²) in [5.74, 6) is 0.978. The highest BCUT2D eigenvalue weighted by molar-refractivity contribution is 7.80. The minimum absolute atomic E-state index is 0.200. The quantitative estimate of drug-likeness (QED) is 0.356. The fourth-order valence-electron chi connectivity index (χ4n) is 3.11. The van der Waals surface area contributed by atoms with Gasteiger partial charge in [-0.05, 0) is 69.1 Å². The van der Waals surface area contributed by atoms with E-state index in [1.54, 1.807) is 0 Å². The van der Waals surface area contributed by atoms with Gasteiger partial charge >= 0.3 is 0 Å². The van der Waals surface area contributed by atoms with E-state index in [1.165, 1.54) is 0 Å². The lowest BCUT2D eigenvalue weighted by Gasteiger charge is -2.16. The first kappa shape index (κ1) is 22.4. The minimum Gasteiger partial charge on any atom is -0.376 e. The average Bonchev–Trinajstić information content (AvgIpc) is 3.21. The number of thiocarbonyl (C=S) groups is 1. The number of hydrogen-bond acceptors (Lipinski definition) is 5. The second-order valence-corrected chi connectivity index (χ2v) is 8.02. The molecule has 1 fully saturated rings. The third-order valence-corrected chi connectivity index (χ3v) is 5.04. The number of hydrogen-bond donors (Lipinski definition) is 3. The van der Waals surface area contributed by atoms with Crippen LogP contribution in [0.3, 0.4) is 0 Å². The van der Waals surface area contributed by atoms with Crippen molar-refractivity contribution in [2.45, 2.75) is 39.2 Å². The number of ether oxygens (including phenoxy) is 1. The predicted molar refractivity (Wildman–Crippen MR) is 125 cm³/mol. The first-order valence-electron chi connectivity index (χ1n) is 10.0. The molecule has 0 amide bonds. The summed E-state index contributed by atoms with van der Waals surface area (Å²) in [5.41, 5.74) is 2.92. The molecule has 0 aliphatic carbocycles. The number of aromatic nitrogens is 2. The largest absolute Gasteiger partial charge is 0.376 e. The summed E-state index contributed by atoms with van der Waals surface area (Å²) in [6.07, 6.45) is 3.11. The van der Waals surface area contributed by atoms with E-state index in [0.29, 0.717) is 30.1 Å². The van der Waals surface area contributed by atoms with E-state index < -0.39 is 0 Å². The number of nitrogens with zero attached hydrogens (tertiary/aromatic N) is 3. The van der Waals surface area contributed by atoms with Crippen molar-refractivity contribution in [2.75, 3.05) is 25.0 Å². The number of guanidine groups is 1. The van der Waals surface area contributed by atoms with Crippen LogP contribution in [0.4, 0.5) is 5.95 Å². The van der Waals surface area contributed by atoms with Gasteiger partial charge in [-0.1, -0.05) is 23.7 Å². The summed E-state index contributed by atoms with van der Waals surface area (Å²) in [7, 11) is 0. The van der Waals surface area contributed by atoms with E-state index in [0.717, 1.165) is 47.8 Å². The van der Waals surface area contributed by atoms with Crippen LogP contribution in [0, 0.1) is 13.8 Å². The Balaban J connectivity index is 1.63. The lowest BCUT2D eigenvalue weighted by molar-refractivity contribution is 0.114. The van der Waals surface area contributed by atoms with Gasteiger partial charge in [-0.2, -0.15) is 0 Å². The van der Waals surface area contributed by atoms with Crippen LogP contribution in [0.2, 0.25) is 5.02 Å². The molecule has 0 bridgehead atoms. The molecule has 3 N–H and O–H groups in total. The Morgan fingerprint density at radius 3 is 2.63 bits per heavy atom. The molecule has 2 heterocycles. The normalized spacial score (nSPS) is 16.4. The third kappa shape index (κ3) is 7.51. The Kier molecular flexibility index (Phi) is 8.36. The summed E-state index contributed by atoms with van der Waals surface area (Å²) in [5, 5.41) is 10.7. The van der Waals surface area contributed by atoms with E-state index in [9.17, 15) is 0 Å². The van der Waals surface area contributed by atoms with E-state index in [4.69, 9.17) is 28.6 Å². The average molecular weight is 447 g/mol. The minimum atomic E-state index is 0.200. The summed E-state index contributed by atoms with van der Waals surface area (Å²) >= 11 is 11.4.